The molecule has 0 unspecified atom stereocenters. The van der Waals surface area contributed by atoms with Gasteiger partial charge in [-0.2, -0.15) is 0 Å². The molecular formula is C15H16N2O4. The third kappa shape index (κ3) is 3.22. The van der Waals surface area contributed by atoms with E-state index in [0.717, 1.165) is 0 Å². The lowest BCUT2D eigenvalue weighted by molar-refractivity contribution is 0.102. The number of carbonyl (C=O) groups is 1. The van der Waals surface area contributed by atoms with Crippen LogP contribution in [0.5, 0.6) is 17.4 Å². The quantitative estimate of drug-likeness (QED) is 0.914. The number of nitrogens with one attached hydrogen (secondary N) is 1. The van der Waals surface area contributed by atoms with Crippen molar-refractivity contribution in [3.05, 3.63) is 42.1 Å². The van der Waals surface area contributed by atoms with Gasteiger partial charge in [-0.3, -0.25) is 4.79 Å². The summed E-state index contributed by atoms with van der Waals surface area (Å²) in [6.45, 7) is 0. The Morgan fingerprint density at radius 3 is 2.14 bits per heavy atom. The molecule has 0 atom stereocenters. The van der Waals surface area contributed by atoms with Crippen molar-refractivity contribution in [1.82, 2.24) is 4.98 Å². The van der Waals surface area contributed by atoms with Gasteiger partial charge in [0.15, 0.2) is 0 Å². The van der Waals surface area contributed by atoms with Gasteiger partial charge in [0.25, 0.3) is 5.91 Å². The van der Waals surface area contributed by atoms with E-state index in [1.54, 1.807) is 30.3 Å². The summed E-state index contributed by atoms with van der Waals surface area (Å²) in [5.41, 5.74) is 0.882. The number of hydrogen-bond donors (Lipinski definition) is 1. The van der Waals surface area contributed by atoms with Crippen molar-refractivity contribution in [3.63, 3.8) is 0 Å². The summed E-state index contributed by atoms with van der Waals surface area (Å²) >= 11 is 0. The molecule has 6 nitrogen and oxygen atoms in total. The number of benzene rings is 1. The van der Waals surface area contributed by atoms with Crippen LogP contribution in [0, 0.1) is 0 Å². The molecule has 0 aliphatic carbocycles. The van der Waals surface area contributed by atoms with E-state index in [9.17, 15) is 4.79 Å². The van der Waals surface area contributed by atoms with E-state index in [0.29, 0.717) is 28.6 Å². The molecule has 0 fully saturated rings. The van der Waals surface area contributed by atoms with E-state index in [1.165, 1.54) is 27.5 Å². The van der Waals surface area contributed by atoms with Crippen LogP contribution in [0.25, 0.3) is 0 Å². The zero-order valence-corrected chi connectivity index (χ0v) is 12.0. The van der Waals surface area contributed by atoms with E-state index < -0.39 is 0 Å². The number of carbonyl (C=O) groups excluding carboxylic acids is 1. The monoisotopic (exact) mass is 288 g/mol. The van der Waals surface area contributed by atoms with Crippen molar-refractivity contribution in [2.75, 3.05) is 26.6 Å². The Balaban J connectivity index is 2.27. The second-order valence-corrected chi connectivity index (χ2v) is 4.08. The number of nitrogens with zero attached hydrogens (tertiary/aromatic N) is 1. The van der Waals surface area contributed by atoms with E-state index >= 15 is 0 Å². The van der Waals surface area contributed by atoms with Crippen LogP contribution in [0.2, 0.25) is 0 Å². The number of rotatable bonds is 5. The van der Waals surface area contributed by atoms with Gasteiger partial charge in [-0.15, -0.1) is 0 Å². The van der Waals surface area contributed by atoms with Crippen molar-refractivity contribution < 1.29 is 19.0 Å². The predicted octanol–water partition coefficient (Wildman–Crippen LogP) is 2.36. The van der Waals surface area contributed by atoms with Gasteiger partial charge >= 0.3 is 0 Å². The molecule has 0 saturated heterocycles. The van der Waals surface area contributed by atoms with Gasteiger partial charge in [-0.25, -0.2) is 4.98 Å². The van der Waals surface area contributed by atoms with Gasteiger partial charge < -0.3 is 19.5 Å². The molecule has 0 aliphatic heterocycles. The van der Waals surface area contributed by atoms with Crippen LogP contribution in [0.15, 0.2) is 36.5 Å². The number of ether oxygens (including phenoxy) is 3. The molecule has 0 radical (unpaired) electrons. The first kappa shape index (κ1) is 14.6. The number of methoxy groups -OCH3 is 3. The SMILES string of the molecule is COc1ccc(NC(=O)c2c(OC)cccc2OC)cn1. The average Bonchev–Trinajstić information content (AvgIpc) is 2.54. The molecule has 1 aromatic heterocycles. The largest absolute Gasteiger partial charge is 0.496 e. The maximum Gasteiger partial charge on any atom is 0.263 e. The Bertz CT molecular complexity index is 604. The standard InChI is InChI=1S/C15H16N2O4/c1-19-11-5-4-6-12(20-2)14(11)15(18)17-10-7-8-13(21-3)16-9-10/h4-9H,1-3H3,(H,17,18). The average molecular weight is 288 g/mol. The molecular weight excluding hydrogens is 272 g/mol. The van der Waals surface area contributed by atoms with Crippen LogP contribution in [0.1, 0.15) is 10.4 Å². The fourth-order valence-electron chi connectivity index (χ4n) is 1.84. The molecule has 0 aliphatic rings. The minimum Gasteiger partial charge on any atom is -0.496 e. The molecule has 21 heavy (non-hydrogen) atoms. The van der Waals surface area contributed by atoms with Gasteiger partial charge in [0, 0.05) is 6.07 Å². The smallest absolute Gasteiger partial charge is 0.263 e. The first-order valence-corrected chi connectivity index (χ1v) is 6.22. The van der Waals surface area contributed by atoms with Gasteiger partial charge in [-0.05, 0) is 18.2 Å². The highest BCUT2D eigenvalue weighted by Gasteiger charge is 2.18. The van der Waals surface area contributed by atoms with E-state index in [1.807, 2.05) is 0 Å². The number of aromatic nitrogens is 1. The van der Waals surface area contributed by atoms with Gasteiger partial charge in [0.05, 0.1) is 33.2 Å². The molecule has 2 aromatic rings. The Labute approximate surface area is 122 Å². The first-order valence-electron chi connectivity index (χ1n) is 6.22. The molecule has 0 spiro atoms. The van der Waals surface area contributed by atoms with Crippen LogP contribution in [-0.4, -0.2) is 32.2 Å². The van der Waals surface area contributed by atoms with Crippen molar-refractivity contribution in [2.45, 2.75) is 0 Å². The summed E-state index contributed by atoms with van der Waals surface area (Å²) in [6, 6.07) is 8.51. The Kier molecular flexibility index (Phi) is 4.61. The van der Waals surface area contributed by atoms with Crippen molar-refractivity contribution >= 4 is 11.6 Å². The van der Waals surface area contributed by atoms with Crippen molar-refractivity contribution in [2.24, 2.45) is 0 Å². The molecule has 1 heterocycles. The van der Waals surface area contributed by atoms with Crippen LogP contribution >= 0.6 is 0 Å². The zero-order chi connectivity index (χ0) is 15.2. The normalized spacial score (nSPS) is 9.86. The Hall–Kier alpha value is -2.76. The summed E-state index contributed by atoms with van der Waals surface area (Å²) in [7, 11) is 4.53. The maximum atomic E-state index is 12.4. The van der Waals surface area contributed by atoms with E-state index in [-0.39, 0.29) is 5.91 Å². The van der Waals surface area contributed by atoms with Crippen LogP contribution in [-0.2, 0) is 0 Å². The highest BCUT2D eigenvalue weighted by atomic mass is 16.5. The molecule has 0 bridgehead atoms. The Morgan fingerprint density at radius 1 is 1.00 bits per heavy atom. The van der Waals surface area contributed by atoms with Gasteiger partial charge in [-0.1, -0.05) is 6.07 Å². The van der Waals surface area contributed by atoms with Gasteiger partial charge in [0.1, 0.15) is 17.1 Å². The number of hydrogen-bond acceptors (Lipinski definition) is 5. The molecule has 0 saturated carbocycles. The first-order chi connectivity index (χ1) is 10.2. The molecule has 6 heteroatoms. The maximum absolute atomic E-state index is 12.4. The van der Waals surface area contributed by atoms with Crippen LogP contribution in [0.4, 0.5) is 5.69 Å². The van der Waals surface area contributed by atoms with E-state index in [2.05, 4.69) is 10.3 Å². The summed E-state index contributed by atoms with van der Waals surface area (Å²) < 4.78 is 15.4. The molecule has 1 aromatic carbocycles. The molecule has 110 valence electrons. The van der Waals surface area contributed by atoms with Crippen LogP contribution in [0.3, 0.4) is 0 Å². The summed E-state index contributed by atoms with van der Waals surface area (Å²) in [6.07, 6.45) is 1.51. The third-order valence-corrected chi connectivity index (χ3v) is 2.86. The number of amides is 1. The highest BCUT2D eigenvalue weighted by Crippen LogP contribution is 2.29. The molecule has 2 rings (SSSR count). The van der Waals surface area contributed by atoms with Crippen molar-refractivity contribution in [1.29, 1.82) is 0 Å². The summed E-state index contributed by atoms with van der Waals surface area (Å²) in [4.78, 5) is 16.4. The minimum atomic E-state index is -0.337. The predicted molar refractivity (Wildman–Crippen MR) is 78.3 cm³/mol. The summed E-state index contributed by atoms with van der Waals surface area (Å²) in [5, 5.41) is 2.74. The third-order valence-electron chi connectivity index (χ3n) is 2.86. The van der Waals surface area contributed by atoms with Crippen molar-refractivity contribution in [3.8, 4) is 17.4 Å². The van der Waals surface area contributed by atoms with E-state index in [4.69, 9.17) is 14.2 Å². The lowest BCUT2D eigenvalue weighted by Gasteiger charge is -2.13. The topological polar surface area (TPSA) is 69.7 Å². The van der Waals surface area contributed by atoms with Crippen LogP contribution < -0.4 is 19.5 Å². The minimum absolute atomic E-state index is 0.332. The molecule has 1 N–H and O–H groups in total. The molecule has 1 amide bonds. The second-order valence-electron chi connectivity index (χ2n) is 4.08. The fourth-order valence-corrected chi connectivity index (χ4v) is 1.84. The zero-order valence-electron chi connectivity index (χ0n) is 12.0. The number of pyridine rings is 1. The van der Waals surface area contributed by atoms with Gasteiger partial charge in [0.2, 0.25) is 5.88 Å². The number of anilines is 1. The Morgan fingerprint density at radius 2 is 1.67 bits per heavy atom. The second kappa shape index (κ2) is 6.60. The fraction of sp³-hybridized carbons (Fsp3) is 0.200. The lowest BCUT2D eigenvalue weighted by atomic mass is 10.1. The summed E-state index contributed by atoms with van der Waals surface area (Å²) in [5.74, 6) is 1.01. The lowest BCUT2D eigenvalue weighted by Crippen LogP contribution is -2.14. The highest BCUT2D eigenvalue weighted by molar-refractivity contribution is 6.08.